The highest BCUT2D eigenvalue weighted by molar-refractivity contribution is 5.85. The van der Waals surface area contributed by atoms with Crippen molar-refractivity contribution in [3.8, 4) is 0 Å². The SMILES string of the molecule is CNCC1CCCN1C(=O)CCC1CCC(C)O1.Cl. The maximum absolute atomic E-state index is 12.2. The summed E-state index contributed by atoms with van der Waals surface area (Å²) in [6.07, 6.45) is 6.80. The highest BCUT2D eigenvalue weighted by Crippen LogP contribution is 2.24. The van der Waals surface area contributed by atoms with Crippen LogP contribution in [0, 0.1) is 0 Å². The molecule has 1 N–H and O–H groups in total. The van der Waals surface area contributed by atoms with E-state index in [0.717, 1.165) is 45.2 Å². The lowest BCUT2D eigenvalue weighted by Gasteiger charge is -2.25. The Morgan fingerprint density at radius 2 is 2.16 bits per heavy atom. The van der Waals surface area contributed by atoms with E-state index in [1.165, 1.54) is 0 Å². The summed E-state index contributed by atoms with van der Waals surface area (Å²) < 4.78 is 5.77. The molecule has 2 fully saturated rings. The molecule has 0 spiro atoms. The van der Waals surface area contributed by atoms with Crippen molar-refractivity contribution in [3.05, 3.63) is 0 Å². The van der Waals surface area contributed by atoms with Crippen LogP contribution in [0.4, 0.5) is 0 Å². The lowest BCUT2D eigenvalue weighted by molar-refractivity contribution is -0.132. The predicted molar refractivity (Wildman–Crippen MR) is 78.7 cm³/mol. The number of nitrogens with one attached hydrogen (secondary N) is 1. The molecule has 4 nitrogen and oxygen atoms in total. The highest BCUT2D eigenvalue weighted by atomic mass is 35.5. The fraction of sp³-hybridized carbons (Fsp3) is 0.929. The van der Waals surface area contributed by atoms with E-state index in [-0.39, 0.29) is 12.4 Å². The predicted octanol–water partition coefficient (Wildman–Crippen LogP) is 1.97. The largest absolute Gasteiger partial charge is 0.375 e. The summed E-state index contributed by atoms with van der Waals surface area (Å²) in [5, 5.41) is 3.18. The van der Waals surface area contributed by atoms with Gasteiger partial charge in [-0.15, -0.1) is 12.4 Å². The molecule has 19 heavy (non-hydrogen) atoms. The zero-order valence-corrected chi connectivity index (χ0v) is 12.9. The zero-order valence-electron chi connectivity index (χ0n) is 12.1. The van der Waals surface area contributed by atoms with Crippen molar-refractivity contribution in [2.45, 2.75) is 63.7 Å². The minimum absolute atomic E-state index is 0. The first-order valence-corrected chi connectivity index (χ1v) is 7.30. The summed E-state index contributed by atoms with van der Waals surface area (Å²) in [6, 6.07) is 0.408. The van der Waals surface area contributed by atoms with E-state index >= 15 is 0 Å². The number of rotatable bonds is 5. The molecule has 2 aliphatic heterocycles. The minimum atomic E-state index is 0. The monoisotopic (exact) mass is 290 g/mol. The van der Waals surface area contributed by atoms with Crippen LogP contribution in [-0.2, 0) is 9.53 Å². The lowest BCUT2D eigenvalue weighted by Crippen LogP contribution is -2.41. The fourth-order valence-corrected chi connectivity index (χ4v) is 3.14. The maximum atomic E-state index is 12.2. The van der Waals surface area contributed by atoms with Gasteiger partial charge < -0.3 is 15.0 Å². The van der Waals surface area contributed by atoms with Gasteiger partial charge in [0.05, 0.1) is 12.2 Å². The van der Waals surface area contributed by atoms with E-state index < -0.39 is 0 Å². The van der Waals surface area contributed by atoms with Crippen LogP contribution in [0.3, 0.4) is 0 Å². The molecule has 3 unspecified atom stereocenters. The second-order valence-electron chi connectivity index (χ2n) is 5.63. The van der Waals surface area contributed by atoms with Crippen molar-refractivity contribution >= 4 is 18.3 Å². The molecule has 2 rings (SSSR count). The van der Waals surface area contributed by atoms with Crippen LogP contribution in [0.25, 0.3) is 0 Å². The molecule has 0 saturated carbocycles. The van der Waals surface area contributed by atoms with Crippen LogP contribution in [0.1, 0.15) is 45.4 Å². The number of carbonyl (C=O) groups is 1. The molecule has 2 heterocycles. The van der Waals surface area contributed by atoms with Crippen molar-refractivity contribution in [1.29, 1.82) is 0 Å². The molecule has 0 aromatic heterocycles. The number of nitrogens with zero attached hydrogens (tertiary/aromatic N) is 1. The number of carbonyl (C=O) groups excluding carboxylic acids is 1. The van der Waals surface area contributed by atoms with E-state index in [9.17, 15) is 4.79 Å². The molecule has 112 valence electrons. The standard InChI is InChI=1S/C14H26N2O2.ClH/c1-11-5-6-13(18-11)7-8-14(17)16-9-3-4-12(16)10-15-2;/h11-13,15H,3-10H2,1-2H3;1H. The van der Waals surface area contributed by atoms with Crippen molar-refractivity contribution in [2.75, 3.05) is 20.1 Å². The van der Waals surface area contributed by atoms with E-state index in [1.807, 2.05) is 7.05 Å². The third-order valence-corrected chi connectivity index (χ3v) is 4.14. The Labute approximate surface area is 122 Å². The number of likely N-dealkylation sites (N-methyl/N-ethyl adjacent to an activating group) is 1. The third kappa shape index (κ3) is 4.62. The Bertz CT molecular complexity index is 289. The number of hydrogen-bond donors (Lipinski definition) is 1. The van der Waals surface area contributed by atoms with Gasteiger partial charge in [0.2, 0.25) is 5.91 Å². The molecule has 5 heteroatoms. The van der Waals surface area contributed by atoms with Gasteiger partial charge in [-0.05, 0) is 46.1 Å². The summed E-state index contributed by atoms with van der Waals surface area (Å²) in [7, 11) is 1.95. The van der Waals surface area contributed by atoms with Crippen LogP contribution in [-0.4, -0.2) is 49.2 Å². The van der Waals surface area contributed by atoms with Gasteiger partial charge in [-0.3, -0.25) is 4.79 Å². The van der Waals surface area contributed by atoms with Crippen LogP contribution in [0.2, 0.25) is 0 Å². The molecule has 0 radical (unpaired) electrons. The molecule has 2 saturated heterocycles. The molecule has 1 amide bonds. The Balaban J connectivity index is 0.00000180. The van der Waals surface area contributed by atoms with E-state index in [2.05, 4.69) is 17.1 Å². The molecule has 0 aromatic carbocycles. The van der Waals surface area contributed by atoms with Crippen LogP contribution < -0.4 is 5.32 Å². The molecule has 0 aromatic rings. The first-order chi connectivity index (χ1) is 8.70. The smallest absolute Gasteiger partial charge is 0.222 e. The molecule has 0 aliphatic carbocycles. The van der Waals surface area contributed by atoms with Gasteiger partial charge in [-0.1, -0.05) is 0 Å². The number of ether oxygens (including phenoxy) is 1. The van der Waals surface area contributed by atoms with E-state index in [4.69, 9.17) is 4.74 Å². The Kier molecular flexibility index (Phi) is 7.11. The summed E-state index contributed by atoms with van der Waals surface area (Å²) in [6.45, 7) is 3.97. The maximum Gasteiger partial charge on any atom is 0.222 e. The Morgan fingerprint density at radius 3 is 2.79 bits per heavy atom. The molecule has 2 aliphatic rings. The topological polar surface area (TPSA) is 41.6 Å². The lowest BCUT2D eigenvalue weighted by atomic mass is 10.1. The van der Waals surface area contributed by atoms with E-state index in [0.29, 0.717) is 30.6 Å². The van der Waals surface area contributed by atoms with Gasteiger partial charge in [0.25, 0.3) is 0 Å². The first-order valence-electron chi connectivity index (χ1n) is 7.30. The second-order valence-corrected chi connectivity index (χ2v) is 5.63. The third-order valence-electron chi connectivity index (χ3n) is 4.14. The first kappa shape index (κ1) is 16.7. The average Bonchev–Trinajstić information content (AvgIpc) is 2.96. The van der Waals surface area contributed by atoms with Gasteiger partial charge in [-0.2, -0.15) is 0 Å². The van der Waals surface area contributed by atoms with Crippen molar-refractivity contribution < 1.29 is 9.53 Å². The Hall–Kier alpha value is -0.320. The number of hydrogen-bond acceptors (Lipinski definition) is 3. The minimum Gasteiger partial charge on any atom is -0.375 e. The van der Waals surface area contributed by atoms with Gasteiger partial charge in [0.15, 0.2) is 0 Å². The number of halogens is 1. The van der Waals surface area contributed by atoms with Gasteiger partial charge >= 0.3 is 0 Å². The fourth-order valence-electron chi connectivity index (χ4n) is 3.14. The van der Waals surface area contributed by atoms with Gasteiger partial charge in [-0.25, -0.2) is 0 Å². The van der Waals surface area contributed by atoms with Crippen LogP contribution >= 0.6 is 12.4 Å². The average molecular weight is 291 g/mol. The van der Waals surface area contributed by atoms with Crippen molar-refractivity contribution in [3.63, 3.8) is 0 Å². The van der Waals surface area contributed by atoms with Crippen molar-refractivity contribution in [2.24, 2.45) is 0 Å². The van der Waals surface area contributed by atoms with Gasteiger partial charge in [0, 0.05) is 25.6 Å². The van der Waals surface area contributed by atoms with Crippen LogP contribution in [0.15, 0.2) is 0 Å². The molecular weight excluding hydrogens is 264 g/mol. The summed E-state index contributed by atoms with van der Waals surface area (Å²) in [5.41, 5.74) is 0. The number of amides is 1. The van der Waals surface area contributed by atoms with Crippen LogP contribution in [0.5, 0.6) is 0 Å². The summed E-state index contributed by atoms with van der Waals surface area (Å²) in [5.74, 6) is 0.316. The normalized spacial score (nSPS) is 30.4. The quantitative estimate of drug-likeness (QED) is 0.842. The second kappa shape index (κ2) is 8.08. The highest BCUT2D eigenvalue weighted by Gasteiger charge is 2.29. The number of likely N-dealkylation sites (tertiary alicyclic amines) is 1. The molecule has 3 atom stereocenters. The van der Waals surface area contributed by atoms with E-state index in [1.54, 1.807) is 0 Å². The summed E-state index contributed by atoms with van der Waals surface area (Å²) in [4.78, 5) is 14.3. The van der Waals surface area contributed by atoms with Crippen molar-refractivity contribution in [1.82, 2.24) is 10.2 Å². The molecule has 0 bridgehead atoms. The zero-order chi connectivity index (χ0) is 13.0. The van der Waals surface area contributed by atoms with Gasteiger partial charge in [0.1, 0.15) is 0 Å². The Morgan fingerprint density at radius 1 is 1.37 bits per heavy atom. The molecular formula is C14H27ClN2O2. The summed E-state index contributed by atoms with van der Waals surface area (Å²) >= 11 is 0.